The first-order chi connectivity index (χ1) is 6.16. The minimum atomic E-state index is 1.26. The molecule has 0 spiro atoms. The van der Waals surface area contributed by atoms with Crippen LogP contribution in [0.4, 0.5) is 0 Å². The fraction of sp³-hybridized carbons (Fsp3) is 0.250. The number of benzene rings is 1. The summed E-state index contributed by atoms with van der Waals surface area (Å²) < 4.78 is 0. The lowest BCUT2D eigenvalue weighted by Crippen LogP contribution is -1.89. The standard InChI is InChI=1S/C12H15N/c1-9-5-6-10(2)12(11(9)3)7-8-13-4/h5-8H,4H2,1-3H3/b8-7-. The van der Waals surface area contributed by atoms with E-state index in [0.717, 1.165) is 0 Å². The summed E-state index contributed by atoms with van der Waals surface area (Å²) in [7, 11) is 0. The molecule has 0 aliphatic rings. The summed E-state index contributed by atoms with van der Waals surface area (Å²) >= 11 is 0. The Kier molecular flexibility index (Phi) is 3.02. The van der Waals surface area contributed by atoms with Gasteiger partial charge in [-0.3, -0.25) is 4.99 Å². The first-order valence-corrected chi connectivity index (χ1v) is 4.36. The van der Waals surface area contributed by atoms with Crippen LogP contribution >= 0.6 is 0 Å². The van der Waals surface area contributed by atoms with Gasteiger partial charge in [0.15, 0.2) is 0 Å². The third-order valence-corrected chi connectivity index (χ3v) is 2.35. The van der Waals surface area contributed by atoms with Crippen LogP contribution in [0, 0.1) is 20.8 Å². The SMILES string of the molecule is C=N/C=C\c1c(C)ccc(C)c1C. The van der Waals surface area contributed by atoms with Gasteiger partial charge < -0.3 is 0 Å². The Labute approximate surface area is 79.8 Å². The second-order valence-electron chi connectivity index (χ2n) is 3.24. The zero-order valence-electron chi connectivity index (χ0n) is 8.46. The van der Waals surface area contributed by atoms with Gasteiger partial charge in [-0.15, -0.1) is 0 Å². The lowest BCUT2D eigenvalue weighted by Gasteiger charge is -2.07. The van der Waals surface area contributed by atoms with Crippen molar-refractivity contribution in [2.24, 2.45) is 4.99 Å². The lowest BCUT2D eigenvalue weighted by atomic mass is 9.98. The van der Waals surface area contributed by atoms with Crippen molar-refractivity contribution >= 4 is 12.8 Å². The molecule has 0 atom stereocenters. The van der Waals surface area contributed by atoms with Gasteiger partial charge in [0, 0.05) is 6.20 Å². The van der Waals surface area contributed by atoms with Crippen LogP contribution in [0.1, 0.15) is 22.3 Å². The Hall–Kier alpha value is -1.37. The summed E-state index contributed by atoms with van der Waals surface area (Å²) in [6, 6.07) is 4.27. The Morgan fingerprint density at radius 1 is 1.15 bits per heavy atom. The Morgan fingerprint density at radius 3 is 2.38 bits per heavy atom. The average Bonchev–Trinajstić information content (AvgIpc) is 2.12. The summed E-state index contributed by atoms with van der Waals surface area (Å²) in [4.78, 5) is 3.71. The van der Waals surface area contributed by atoms with Gasteiger partial charge in [-0.2, -0.15) is 0 Å². The molecule has 0 saturated carbocycles. The molecule has 0 saturated heterocycles. The van der Waals surface area contributed by atoms with Gasteiger partial charge in [-0.05, 0) is 55.8 Å². The molecule has 0 radical (unpaired) electrons. The van der Waals surface area contributed by atoms with Crippen LogP contribution < -0.4 is 0 Å². The number of rotatable bonds is 2. The van der Waals surface area contributed by atoms with Crippen LogP contribution in [-0.4, -0.2) is 6.72 Å². The van der Waals surface area contributed by atoms with Gasteiger partial charge in [0.25, 0.3) is 0 Å². The Balaban J connectivity index is 3.25. The Bertz CT molecular complexity index is 348. The molecule has 1 aromatic carbocycles. The molecule has 0 N–H and O–H groups in total. The summed E-state index contributed by atoms with van der Waals surface area (Å²) in [5.74, 6) is 0. The van der Waals surface area contributed by atoms with Gasteiger partial charge in [0.2, 0.25) is 0 Å². The minimum absolute atomic E-state index is 1.26. The highest BCUT2D eigenvalue weighted by atomic mass is 14.6. The van der Waals surface area contributed by atoms with Crippen molar-refractivity contribution in [2.45, 2.75) is 20.8 Å². The molecule has 1 nitrogen and oxygen atoms in total. The summed E-state index contributed by atoms with van der Waals surface area (Å²) in [6.45, 7) is 9.78. The van der Waals surface area contributed by atoms with E-state index in [1.807, 2.05) is 6.08 Å². The third-order valence-electron chi connectivity index (χ3n) is 2.35. The van der Waals surface area contributed by atoms with Crippen molar-refractivity contribution in [1.82, 2.24) is 0 Å². The molecule has 0 aliphatic carbocycles. The molecule has 0 amide bonds. The minimum Gasteiger partial charge on any atom is -0.272 e. The fourth-order valence-electron chi connectivity index (χ4n) is 1.36. The van der Waals surface area contributed by atoms with E-state index in [-0.39, 0.29) is 0 Å². The van der Waals surface area contributed by atoms with Crippen molar-refractivity contribution in [1.29, 1.82) is 0 Å². The lowest BCUT2D eigenvalue weighted by molar-refractivity contribution is 1.28. The van der Waals surface area contributed by atoms with Crippen LogP contribution in [-0.2, 0) is 0 Å². The first kappa shape index (κ1) is 9.72. The van der Waals surface area contributed by atoms with E-state index in [9.17, 15) is 0 Å². The molecule has 68 valence electrons. The van der Waals surface area contributed by atoms with Crippen molar-refractivity contribution in [3.05, 3.63) is 40.6 Å². The maximum Gasteiger partial charge on any atom is 0.0266 e. The highest BCUT2D eigenvalue weighted by Crippen LogP contribution is 2.18. The van der Waals surface area contributed by atoms with Crippen LogP contribution in [0.15, 0.2) is 23.3 Å². The first-order valence-electron chi connectivity index (χ1n) is 4.36. The molecule has 0 heterocycles. The summed E-state index contributed by atoms with van der Waals surface area (Å²) in [6.07, 6.45) is 3.74. The highest BCUT2D eigenvalue weighted by molar-refractivity contribution is 5.59. The number of hydrogen-bond donors (Lipinski definition) is 0. The highest BCUT2D eigenvalue weighted by Gasteiger charge is 2.00. The molecule has 0 unspecified atom stereocenters. The molecule has 0 aliphatic heterocycles. The van der Waals surface area contributed by atoms with E-state index in [1.54, 1.807) is 6.20 Å². The quantitative estimate of drug-likeness (QED) is 0.608. The third kappa shape index (κ3) is 2.05. The van der Waals surface area contributed by atoms with E-state index < -0.39 is 0 Å². The maximum absolute atomic E-state index is 3.71. The smallest absolute Gasteiger partial charge is 0.0266 e. The molecule has 0 fully saturated rings. The molecule has 13 heavy (non-hydrogen) atoms. The van der Waals surface area contributed by atoms with Crippen LogP contribution in [0.3, 0.4) is 0 Å². The molecule has 1 rings (SSSR count). The van der Waals surface area contributed by atoms with E-state index in [1.165, 1.54) is 22.3 Å². The van der Waals surface area contributed by atoms with E-state index in [0.29, 0.717) is 0 Å². The van der Waals surface area contributed by atoms with Crippen molar-refractivity contribution < 1.29 is 0 Å². The zero-order valence-corrected chi connectivity index (χ0v) is 8.46. The summed E-state index contributed by atoms with van der Waals surface area (Å²) in [5, 5.41) is 0. The second-order valence-corrected chi connectivity index (χ2v) is 3.24. The number of aryl methyl sites for hydroxylation is 2. The second kappa shape index (κ2) is 4.04. The fourth-order valence-corrected chi connectivity index (χ4v) is 1.36. The molecule has 1 aromatic rings. The van der Waals surface area contributed by atoms with Gasteiger partial charge >= 0.3 is 0 Å². The number of hydrogen-bond acceptors (Lipinski definition) is 1. The van der Waals surface area contributed by atoms with Gasteiger partial charge in [0.05, 0.1) is 0 Å². The molecule has 1 heteroatoms. The molecule has 0 aromatic heterocycles. The van der Waals surface area contributed by atoms with Crippen molar-refractivity contribution in [3.63, 3.8) is 0 Å². The summed E-state index contributed by atoms with van der Waals surface area (Å²) in [5.41, 5.74) is 5.17. The molecular formula is C12H15N. The number of nitrogens with zero attached hydrogens (tertiary/aromatic N) is 1. The van der Waals surface area contributed by atoms with Gasteiger partial charge in [0.1, 0.15) is 0 Å². The van der Waals surface area contributed by atoms with Crippen molar-refractivity contribution in [3.8, 4) is 0 Å². The van der Waals surface area contributed by atoms with E-state index in [4.69, 9.17) is 0 Å². The zero-order chi connectivity index (χ0) is 9.84. The van der Waals surface area contributed by atoms with Gasteiger partial charge in [-0.1, -0.05) is 12.1 Å². The molecule has 0 bridgehead atoms. The number of aliphatic imine (C=N–C) groups is 1. The maximum atomic E-state index is 3.71. The van der Waals surface area contributed by atoms with Crippen LogP contribution in [0.2, 0.25) is 0 Å². The van der Waals surface area contributed by atoms with Crippen LogP contribution in [0.25, 0.3) is 6.08 Å². The molecular weight excluding hydrogens is 158 g/mol. The monoisotopic (exact) mass is 173 g/mol. The predicted octanol–water partition coefficient (Wildman–Crippen LogP) is 3.28. The average molecular weight is 173 g/mol. The van der Waals surface area contributed by atoms with E-state index in [2.05, 4.69) is 44.6 Å². The largest absolute Gasteiger partial charge is 0.272 e. The Morgan fingerprint density at radius 2 is 1.77 bits per heavy atom. The van der Waals surface area contributed by atoms with Crippen molar-refractivity contribution in [2.75, 3.05) is 0 Å². The normalized spacial score (nSPS) is 10.7. The topological polar surface area (TPSA) is 12.4 Å². The van der Waals surface area contributed by atoms with E-state index >= 15 is 0 Å². The van der Waals surface area contributed by atoms with Crippen LogP contribution in [0.5, 0.6) is 0 Å². The predicted molar refractivity (Wildman–Crippen MR) is 59.2 cm³/mol. The van der Waals surface area contributed by atoms with Gasteiger partial charge in [-0.25, -0.2) is 0 Å².